The molecular formula is C16H20N2O7S. The van der Waals surface area contributed by atoms with Crippen LogP contribution in [0.15, 0.2) is 23.1 Å². The molecule has 0 aromatic heterocycles. The van der Waals surface area contributed by atoms with Crippen molar-refractivity contribution in [1.82, 2.24) is 9.21 Å². The largest absolute Gasteiger partial charge is 0.495 e. The number of likely N-dealkylation sites (tertiary alicyclic amines) is 1. The van der Waals surface area contributed by atoms with Gasteiger partial charge >= 0.3 is 5.97 Å². The van der Waals surface area contributed by atoms with Crippen molar-refractivity contribution in [2.45, 2.75) is 17.7 Å². The van der Waals surface area contributed by atoms with Crippen molar-refractivity contribution in [2.24, 2.45) is 0 Å². The molecule has 1 aromatic rings. The summed E-state index contributed by atoms with van der Waals surface area (Å²) < 4.78 is 35.7. The van der Waals surface area contributed by atoms with Crippen LogP contribution >= 0.6 is 0 Å². The third-order valence-corrected chi connectivity index (χ3v) is 5.70. The second-order valence-electron chi connectivity index (χ2n) is 5.77. The number of sulfonamides is 1. The maximum Gasteiger partial charge on any atom is 0.338 e. The second kappa shape index (κ2) is 7.83. The van der Waals surface area contributed by atoms with Crippen LogP contribution in [0.4, 0.5) is 0 Å². The lowest BCUT2D eigenvalue weighted by atomic mass is 10.2. The Hall–Kier alpha value is -2.46. The summed E-state index contributed by atoms with van der Waals surface area (Å²) in [7, 11) is 0.172. The Kier molecular flexibility index (Phi) is 5.98. The SMILES string of the molecule is COc1ccc(C(=O)OCC(=O)N2CCCC2=O)cc1S(=O)(=O)N(C)C. The smallest absolute Gasteiger partial charge is 0.338 e. The number of hydrogen-bond donors (Lipinski definition) is 0. The van der Waals surface area contributed by atoms with Gasteiger partial charge in [-0.25, -0.2) is 17.5 Å². The summed E-state index contributed by atoms with van der Waals surface area (Å²) >= 11 is 0. The summed E-state index contributed by atoms with van der Waals surface area (Å²) in [5.74, 6) is -1.69. The molecule has 1 saturated heterocycles. The van der Waals surface area contributed by atoms with Crippen molar-refractivity contribution in [3.05, 3.63) is 23.8 Å². The fraction of sp³-hybridized carbons (Fsp3) is 0.438. The predicted octanol–water partition coefficient (Wildman–Crippen LogP) is 0.251. The molecule has 142 valence electrons. The zero-order valence-corrected chi connectivity index (χ0v) is 15.5. The molecular weight excluding hydrogens is 364 g/mol. The van der Waals surface area contributed by atoms with Gasteiger partial charge < -0.3 is 9.47 Å². The number of carbonyl (C=O) groups excluding carboxylic acids is 3. The number of hydrogen-bond acceptors (Lipinski definition) is 7. The molecule has 9 nitrogen and oxygen atoms in total. The van der Waals surface area contributed by atoms with Gasteiger partial charge in [0.1, 0.15) is 10.6 Å². The molecule has 2 amide bonds. The Morgan fingerprint density at radius 2 is 1.96 bits per heavy atom. The van der Waals surface area contributed by atoms with Crippen LogP contribution < -0.4 is 4.74 Å². The molecule has 0 atom stereocenters. The minimum absolute atomic E-state index is 0.0493. The highest BCUT2D eigenvalue weighted by atomic mass is 32.2. The molecule has 1 heterocycles. The maximum atomic E-state index is 12.4. The average Bonchev–Trinajstić information content (AvgIpc) is 3.04. The van der Waals surface area contributed by atoms with Crippen LogP contribution in [-0.2, 0) is 24.3 Å². The third-order valence-electron chi connectivity index (χ3n) is 3.86. The van der Waals surface area contributed by atoms with Gasteiger partial charge in [0.05, 0.1) is 12.7 Å². The molecule has 1 aliphatic rings. The molecule has 2 rings (SSSR count). The fourth-order valence-corrected chi connectivity index (χ4v) is 3.48. The number of amides is 2. The first-order valence-electron chi connectivity index (χ1n) is 7.79. The Balaban J connectivity index is 2.16. The summed E-state index contributed by atoms with van der Waals surface area (Å²) in [6.45, 7) is -0.282. The minimum atomic E-state index is -3.85. The molecule has 0 unspecified atom stereocenters. The Morgan fingerprint density at radius 3 is 2.50 bits per heavy atom. The average molecular weight is 384 g/mol. The van der Waals surface area contributed by atoms with Gasteiger partial charge in [-0.1, -0.05) is 0 Å². The Bertz CT molecular complexity index is 833. The van der Waals surface area contributed by atoms with E-state index in [1.807, 2.05) is 0 Å². The Labute approximate surface area is 151 Å². The summed E-state index contributed by atoms with van der Waals surface area (Å²) in [5, 5.41) is 0. The van der Waals surface area contributed by atoms with Crippen molar-refractivity contribution in [1.29, 1.82) is 0 Å². The van der Waals surface area contributed by atoms with Crippen molar-refractivity contribution in [3.8, 4) is 5.75 Å². The van der Waals surface area contributed by atoms with E-state index in [2.05, 4.69) is 0 Å². The number of carbonyl (C=O) groups is 3. The van der Waals surface area contributed by atoms with Crippen molar-refractivity contribution < 1.29 is 32.3 Å². The maximum absolute atomic E-state index is 12.4. The normalized spacial score (nSPS) is 14.6. The molecule has 10 heteroatoms. The fourth-order valence-electron chi connectivity index (χ4n) is 2.40. The van der Waals surface area contributed by atoms with Gasteiger partial charge in [0.25, 0.3) is 5.91 Å². The molecule has 0 aliphatic carbocycles. The molecule has 0 saturated carbocycles. The topological polar surface area (TPSA) is 110 Å². The van der Waals surface area contributed by atoms with Crippen molar-refractivity contribution in [2.75, 3.05) is 34.4 Å². The van der Waals surface area contributed by atoms with Gasteiger partial charge in [0, 0.05) is 27.1 Å². The zero-order valence-electron chi connectivity index (χ0n) is 14.7. The first-order valence-corrected chi connectivity index (χ1v) is 9.23. The highest BCUT2D eigenvalue weighted by Crippen LogP contribution is 2.27. The van der Waals surface area contributed by atoms with Crippen LogP contribution in [-0.4, -0.2) is 69.8 Å². The van der Waals surface area contributed by atoms with E-state index < -0.39 is 28.5 Å². The van der Waals surface area contributed by atoms with Crippen LogP contribution in [0.2, 0.25) is 0 Å². The molecule has 0 radical (unpaired) electrons. The lowest BCUT2D eigenvalue weighted by molar-refractivity contribution is -0.143. The zero-order chi connectivity index (χ0) is 19.5. The van der Waals surface area contributed by atoms with Crippen LogP contribution in [0.1, 0.15) is 23.2 Å². The lowest BCUT2D eigenvalue weighted by Gasteiger charge is -2.16. The summed E-state index contributed by atoms with van der Waals surface area (Å²) in [6, 6.07) is 3.79. The summed E-state index contributed by atoms with van der Waals surface area (Å²) in [4.78, 5) is 36.4. The number of esters is 1. The molecule has 1 aromatic carbocycles. The van der Waals surface area contributed by atoms with E-state index in [1.165, 1.54) is 33.3 Å². The van der Waals surface area contributed by atoms with Gasteiger partial charge in [-0.2, -0.15) is 0 Å². The highest BCUT2D eigenvalue weighted by molar-refractivity contribution is 7.89. The third kappa shape index (κ3) is 4.02. The first-order chi connectivity index (χ1) is 12.2. The lowest BCUT2D eigenvalue weighted by Crippen LogP contribution is -2.35. The molecule has 26 heavy (non-hydrogen) atoms. The van der Waals surface area contributed by atoms with E-state index in [-0.39, 0.29) is 22.1 Å². The van der Waals surface area contributed by atoms with Crippen molar-refractivity contribution >= 4 is 27.8 Å². The first kappa shape index (κ1) is 19.9. The van der Waals surface area contributed by atoms with Crippen LogP contribution in [0.5, 0.6) is 5.75 Å². The summed E-state index contributed by atoms with van der Waals surface area (Å²) in [6.07, 6.45) is 0.882. The van der Waals surface area contributed by atoms with E-state index >= 15 is 0 Å². The number of imide groups is 1. The standard InChI is InChI=1S/C16H20N2O7S/c1-17(2)26(22,23)13-9-11(6-7-12(13)24-3)16(21)25-10-15(20)18-8-4-5-14(18)19/h6-7,9H,4-5,8,10H2,1-3H3. The minimum Gasteiger partial charge on any atom is -0.495 e. The van der Waals surface area contributed by atoms with Crippen LogP contribution in [0.25, 0.3) is 0 Å². The molecule has 0 spiro atoms. The van der Waals surface area contributed by atoms with E-state index in [0.29, 0.717) is 19.4 Å². The van der Waals surface area contributed by atoms with Gasteiger partial charge in [-0.05, 0) is 24.6 Å². The quantitative estimate of drug-likeness (QED) is 0.647. The second-order valence-corrected chi connectivity index (χ2v) is 7.89. The predicted molar refractivity (Wildman–Crippen MR) is 90.1 cm³/mol. The van der Waals surface area contributed by atoms with E-state index in [0.717, 1.165) is 15.3 Å². The van der Waals surface area contributed by atoms with E-state index in [1.54, 1.807) is 0 Å². The molecule has 0 bridgehead atoms. The number of ether oxygens (including phenoxy) is 2. The van der Waals surface area contributed by atoms with Crippen LogP contribution in [0, 0.1) is 0 Å². The molecule has 1 aliphatic heterocycles. The number of rotatable bonds is 6. The van der Waals surface area contributed by atoms with Crippen molar-refractivity contribution in [3.63, 3.8) is 0 Å². The monoisotopic (exact) mass is 384 g/mol. The summed E-state index contributed by atoms with van der Waals surface area (Å²) in [5.41, 5.74) is -0.0493. The van der Waals surface area contributed by atoms with Gasteiger partial charge in [0.2, 0.25) is 15.9 Å². The molecule has 1 fully saturated rings. The van der Waals surface area contributed by atoms with Gasteiger partial charge in [0.15, 0.2) is 6.61 Å². The van der Waals surface area contributed by atoms with E-state index in [4.69, 9.17) is 9.47 Å². The molecule has 0 N–H and O–H groups in total. The number of methoxy groups -OCH3 is 1. The van der Waals surface area contributed by atoms with Gasteiger partial charge in [-0.15, -0.1) is 0 Å². The highest BCUT2D eigenvalue weighted by Gasteiger charge is 2.28. The van der Waals surface area contributed by atoms with Crippen LogP contribution in [0.3, 0.4) is 0 Å². The number of nitrogens with zero attached hydrogens (tertiary/aromatic N) is 2. The van der Waals surface area contributed by atoms with E-state index in [9.17, 15) is 22.8 Å². The van der Waals surface area contributed by atoms with Gasteiger partial charge in [-0.3, -0.25) is 14.5 Å². The Morgan fingerprint density at radius 1 is 1.27 bits per heavy atom. The number of benzene rings is 1.